The lowest BCUT2D eigenvalue weighted by molar-refractivity contribution is -0.121. The number of carboxylic acids is 1. The van der Waals surface area contributed by atoms with Crippen molar-refractivity contribution in [2.24, 2.45) is 0 Å². The standard InChI is InChI=1S/C13H18N2O3S/c1-8(10(16)15-13(2,3)4)19-11-9(12(17)18)6-5-7-14-11/h5-8H,1-4H3,(H,15,16)(H,17,18). The van der Waals surface area contributed by atoms with E-state index >= 15 is 0 Å². The van der Waals surface area contributed by atoms with Crippen LogP contribution in [-0.2, 0) is 4.79 Å². The second-order valence-electron chi connectivity index (χ2n) is 5.16. The van der Waals surface area contributed by atoms with E-state index in [4.69, 9.17) is 5.11 Å². The van der Waals surface area contributed by atoms with E-state index in [0.29, 0.717) is 5.03 Å². The van der Waals surface area contributed by atoms with Gasteiger partial charge in [0, 0.05) is 11.7 Å². The van der Waals surface area contributed by atoms with Gasteiger partial charge in [0.1, 0.15) is 5.03 Å². The zero-order chi connectivity index (χ0) is 14.6. The van der Waals surface area contributed by atoms with Gasteiger partial charge in [-0.25, -0.2) is 9.78 Å². The van der Waals surface area contributed by atoms with Crippen LogP contribution in [0.5, 0.6) is 0 Å². The van der Waals surface area contributed by atoms with E-state index in [1.807, 2.05) is 20.8 Å². The number of carbonyl (C=O) groups excluding carboxylic acids is 1. The van der Waals surface area contributed by atoms with Gasteiger partial charge in [-0.15, -0.1) is 0 Å². The minimum Gasteiger partial charge on any atom is -0.478 e. The summed E-state index contributed by atoms with van der Waals surface area (Å²) in [5, 5.41) is 11.8. The predicted molar refractivity (Wildman–Crippen MR) is 74.4 cm³/mol. The fraction of sp³-hybridized carbons (Fsp3) is 0.462. The monoisotopic (exact) mass is 282 g/mol. The van der Waals surface area contributed by atoms with E-state index in [0.717, 1.165) is 11.8 Å². The van der Waals surface area contributed by atoms with Gasteiger partial charge in [0.2, 0.25) is 5.91 Å². The lowest BCUT2D eigenvalue weighted by Gasteiger charge is -2.23. The van der Waals surface area contributed by atoms with Crippen LogP contribution in [0.2, 0.25) is 0 Å². The van der Waals surface area contributed by atoms with Gasteiger partial charge < -0.3 is 10.4 Å². The molecule has 0 bridgehead atoms. The Kier molecular flexibility index (Phi) is 4.94. The van der Waals surface area contributed by atoms with Crippen molar-refractivity contribution in [2.75, 3.05) is 0 Å². The fourth-order valence-corrected chi connectivity index (χ4v) is 2.24. The smallest absolute Gasteiger partial charge is 0.338 e. The molecule has 0 aliphatic rings. The molecule has 1 aromatic rings. The van der Waals surface area contributed by atoms with Crippen LogP contribution in [0.3, 0.4) is 0 Å². The van der Waals surface area contributed by atoms with Gasteiger partial charge in [0.15, 0.2) is 0 Å². The van der Waals surface area contributed by atoms with Crippen LogP contribution in [0, 0.1) is 0 Å². The molecule has 1 unspecified atom stereocenters. The maximum absolute atomic E-state index is 11.9. The highest BCUT2D eigenvalue weighted by molar-refractivity contribution is 8.00. The summed E-state index contributed by atoms with van der Waals surface area (Å²) in [5.41, 5.74) is -0.200. The first-order chi connectivity index (χ1) is 8.70. The van der Waals surface area contributed by atoms with Gasteiger partial charge in [0.05, 0.1) is 10.8 Å². The Balaban J connectivity index is 2.80. The number of carbonyl (C=O) groups is 2. The number of thioether (sulfide) groups is 1. The van der Waals surface area contributed by atoms with E-state index in [9.17, 15) is 9.59 Å². The molecule has 0 aliphatic carbocycles. The molecule has 5 nitrogen and oxygen atoms in total. The van der Waals surface area contributed by atoms with Crippen LogP contribution in [-0.4, -0.2) is 32.8 Å². The molecular formula is C13H18N2O3S. The van der Waals surface area contributed by atoms with Gasteiger partial charge in [-0.3, -0.25) is 4.79 Å². The first-order valence-electron chi connectivity index (χ1n) is 5.87. The van der Waals surface area contributed by atoms with Gasteiger partial charge in [-0.2, -0.15) is 0 Å². The third-order valence-electron chi connectivity index (χ3n) is 2.16. The molecule has 1 amide bonds. The molecule has 2 N–H and O–H groups in total. The minimum atomic E-state index is -1.04. The first-order valence-corrected chi connectivity index (χ1v) is 6.75. The van der Waals surface area contributed by atoms with Gasteiger partial charge in [-0.05, 0) is 39.8 Å². The molecule has 1 rings (SSSR count). The van der Waals surface area contributed by atoms with Crippen molar-refractivity contribution in [2.45, 2.75) is 43.5 Å². The Labute approximate surface area is 116 Å². The Morgan fingerprint density at radius 3 is 2.58 bits per heavy atom. The Morgan fingerprint density at radius 1 is 1.42 bits per heavy atom. The van der Waals surface area contributed by atoms with Gasteiger partial charge in [0.25, 0.3) is 0 Å². The summed E-state index contributed by atoms with van der Waals surface area (Å²) in [6, 6.07) is 3.04. The average molecular weight is 282 g/mol. The maximum Gasteiger partial charge on any atom is 0.338 e. The van der Waals surface area contributed by atoms with E-state index < -0.39 is 11.2 Å². The van der Waals surface area contributed by atoms with E-state index in [1.165, 1.54) is 12.3 Å². The molecular weight excluding hydrogens is 264 g/mol. The number of amides is 1. The second-order valence-corrected chi connectivity index (χ2v) is 6.49. The number of aromatic nitrogens is 1. The summed E-state index contributed by atoms with van der Waals surface area (Å²) in [6.45, 7) is 7.41. The van der Waals surface area contributed by atoms with Crippen molar-refractivity contribution in [3.8, 4) is 0 Å². The predicted octanol–water partition coefficient (Wildman–Crippen LogP) is 2.18. The lowest BCUT2D eigenvalue weighted by Crippen LogP contribution is -2.44. The normalized spacial score (nSPS) is 12.8. The summed E-state index contributed by atoms with van der Waals surface area (Å²) in [6.07, 6.45) is 1.52. The lowest BCUT2D eigenvalue weighted by atomic mass is 10.1. The number of carboxylic acid groups (broad SMARTS) is 1. The quantitative estimate of drug-likeness (QED) is 0.827. The number of pyridine rings is 1. The minimum absolute atomic E-state index is 0.114. The van der Waals surface area contributed by atoms with Crippen molar-refractivity contribution in [3.63, 3.8) is 0 Å². The SMILES string of the molecule is CC(Sc1ncccc1C(=O)O)C(=O)NC(C)(C)C. The number of hydrogen-bond acceptors (Lipinski definition) is 4. The van der Waals surface area contributed by atoms with Crippen LogP contribution in [0.1, 0.15) is 38.1 Å². The summed E-state index contributed by atoms with van der Waals surface area (Å²) < 4.78 is 0. The van der Waals surface area contributed by atoms with E-state index in [-0.39, 0.29) is 17.0 Å². The topological polar surface area (TPSA) is 79.3 Å². The number of rotatable bonds is 4. The molecule has 0 spiro atoms. The molecule has 19 heavy (non-hydrogen) atoms. The molecule has 0 saturated heterocycles. The molecule has 104 valence electrons. The summed E-state index contributed by atoms with van der Waals surface area (Å²) >= 11 is 1.14. The van der Waals surface area contributed by atoms with Crippen LogP contribution < -0.4 is 5.32 Å². The Hall–Kier alpha value is -1.56. The molecule has 0 saturated carbocycles. The molecule has 1 heterocycles. The second kappa shape index (κ2) is 6.06. The molecule has 0 aliphatic heterocycles. The van der Waals surface area contributed by atoms with E-state index in [1.54, 1.807) is 13.0 Å². The molecule has 0 radical (unpaired) electrons. The summed E-state index contributed by atoms with van der Waals surface area (Å²) in [5.74, 6) is -1.18. The van der Waals surface area contributed by atoms with Crippen molar-refractivity contribution in [1.29, 1.82) is 0 Å². The zero-order valence-electron chi connectivity index (χ0n) is 11.4. The highest BCUT2D eigenvalue weighted by atomic mass is 32.2. The molecule has 0 aromatic carbocycles. The maximum atomic E-state index is 11.9. The Bertz CT molecular complexity index is 483. The summed E-state index contributed by atoms with van der Waals surface area (Å²) in [4.78, 5) is 27.0. The average Bonchev–Trinajstić information content (AvgIpc) is 2.27. The number of aromatic carboxylic acids is 1. The van der Waals surface area contributed by atoms with Crippen LogP contribution in [0.4, 0.5) is 0 Å². The third-order valence-corrected chi connectivity index (χ3v) is 3.27. The highest BCUT2D eigenvalue weighted by Gasteiger charge is 2.22. The fourth-order valence-electron chi connectivity index (χ4n) is 1.34. The number of nitrogens with zero attached hydrogens (tertiary/aromatic N) is 1. The van der Waals surface area contributed by atoms with Gasteiger partial charge >= 0.3 is 5.97 Å². The highest BCUT2D eigenvalue weighted by Crippen LogP contribution is 2.25. The number of nitrogens with one attached hydrogen (secondary N) is 1. The van der Waals surface area contributed by atoms with Crippen molar-refractivity contribution in [3.05, 3.63) is 23.9 Å². The summed E-state index contributed by atoms with van der Waals surface area (Å²) in [7, 11) is 0. The largest absolute Gasteiger partial charge is 0.478 e. The molecule has 0 fully saturated rings. The molecule has 1 aromatic heterocycles. The van der Waals surface area contributed by atoms with Crippen molar-refractivity contribution >= 4 is 23.6 Å². The number of hydrogen-bond donors (Lipinski definition) is 2. The van der Waals surface area contributed by atoms with Gasteiger partial charge in [-0.1, -0.05) is 11.8 Å². The first kappa shape index (κ1) is 15.5. The molecule has 6 heteroatoms. The Morgan fingerprint density at radius 2 is 2.05 bits per heavy atom. The van der Waals surface area contributed by atoms with E-state index in [2.05, 4.69) is 10.3 Å². The van der Waals surface area contributed by atoms with Crippen molar-refractivity contribution < 1.29 is 14.7 Å². The van der Waals surface area contributed by atoms with Crippen LogP contribution >= 0.6 is 11.8 Å². The third kappa shape index (κ3) is 4.90. The van der Waals surface area contributed by atoms with Crippen LogP contribution in [0.25, 0.3) is 0 Å². The molecule has 1 atom stereocenters. The van der Waals surface area contributed by atoms with Crippen molar-refractivity contribution in [1.82, 2.24) is 10.3 Å². The van der Waals surface area contributed by atoms with Crippen LogP contribution in [0.15, 0.2) is 23.4 Å². The zero-order valence-corrected chi connectivity index (χ0v) is 12.2.